The number of carbonyl (C=O) groups is 1. The summed E-state index contributed by atoms with van der Waals surface area (Å²) in [7, 11) is 0. The zero-order valence-electron chi connectivity index (χ0n) is 14.8. The molecular formula is C20H22N2O2S. The largest absolute Gasteiger partial charge is 0.494 e. The maximum atomic E-state index is 12.1. The van der Waals surface area contributed by atoms with Gasteiger partial charge in [0, 0.05) is 6.42 Å². The van der Waals surface area contributed by atoms with E-state index in [2.05, 4.69) is 29.4 Å². The zero-order valence-corrected chi connectivity index (χ0v) is 15.6. The lowest BCUT2D eigenvalue weighted by Gasteiger charge is -2.06. The Kier molecular flexibility index (Phi) is 5.34. The molecule has 3 rings (SSSR count). The Bertz CT molecular complexity index is 902. The summed E-state index contributed by atoms with van der Waals surface area (Å²) in [6.45, 7) is 6.67. The number of anilines is 1. The topological polar surface area (TPSA) is 51.2 Å². The minimum absolute atomic E-state index is 0.0266. The van der Waals surface area contributed by atoms with Gasteiger partial charge in [-0.05, 0) is 62.1 Å². The van der Waals surface area contributed by atoms with Gasteiger partial charge in [-0.25, -0.2) is 4.98 Å². The average molecular weight is 354 g/mol. The normalized spacial score (nSPS) is 10.8. The van der Waals surface area contributed by atoms with Crippen LogP contribution in [0.2, 0.25) is 0 Å². The molecule has 1 aromatic heterocycles. The molecule has 5 heteroatoms. The Morgan fingerprint density at radius 2 is 2.00 bits per heavy atom. The Balaban J connectivity index is 1.50. The van der Waals surface area contributed by atoms with Crippen molar-refractivity contribution in [2.24, 2.45) is 0 Å². The summed E-state index contributed by atoms with van der Waals surface area (Å²) in [5, 5.41) is 3.56. The summed E-state index contributed by atoms with van der Waals surface area (Å²) in [6, 6.07) is 12.1. The predicted octanol–water partition coefficient (Wildman–Crippen LogP) is 5.02. The third-order valence-electron chi connectivity index (χ3n) is 3.88. The molecule has 0 atom stereocenters. The third-order valence-corrected chi connectivity index (χ3v) is 4.80. The Labute approximate surface area is 151 Å². The van der Waals surface area contributed by atoms with Crippen LogP contribution in [0.3, 0.4) is 0 Å². The number of nitrogens with one attached hydrogen (secondary N) is 1. The van der Waals surface area contributed by atoms with E-state index >= 15 is 0 Å². The van der Waals surface area contributed by atoms with Gasteiger partial charge in [0.2, 0.25) is 5.91 Å². The standard InChI is InChI=1S/C20H22N2O2S/c1-13-6-4-7-16(11-13)24-9-5-8-18(23)21-20-22-19-15(3)10-14(2)12-17(19)25-20/h4,6-7,10-12H,5,8-9H2,1-3H3,(H,21,22,23). The van der Waals surface area contributed by atoms with Crippen molar-refractivity contribution in [2.45, 2.75) is 33.6 Å². The number of ether oxygens (including phenoxy) is 1. The monoisotopic (exact) mass is 354 g/mol. The highest BCUT2D eigenvalue weighted by Crippen LogP contribution is 2.29. The minimum Gasteiger partial charge on any atom is -0.494 e. The van der Waals surface area contributed by atoms with Crippen LogP contribution in [0.1, 0.15) is 29.5 Å². The number of nitrogens with zero attached hydrogens (tertiary/aromatic N) is 1. The molecule has 1 N–H and O–H groups in total. The molecule has 0 bridgehead atoms. The van der Waals surface area contributed by atoms with Crippen molar-refractivity contribution in [1.82, 2.24) is 4.98 Å². The number of rotatable bonds is 6. The first kappa shape index (κ1) is 17.4. The van der Waals surface area contributed by atoms with E-state index < -0.39 is 0 Å². The van der Waals surface area contributed by atoms with Gasteiger partial charge in [0.1, 0.15) is 5.75 Å². The number of thiazole rings is 1. The van der Waals surface area contributed by atoms with Crippen LogP contribution in [0.25, 0.3) is 10.2 Å². The van der Waals surface area contributed by atoms with Crippen molar-refractivity contribution in [1.29, 1.82) is 0 Å². The molecule has 25 heavy (non-hydrogen) atoms. The number of fused-ring (bicyclic) bond motifs is 1. The average Bonchev–Trinajstić information content (AvgIpc) is 2.94. The van der Waals surface area contributed by atoms with Crippen molar-refractivity contribution >= 4 is 32.6 Å². The molecule has 0 aliphatic rings. The number of carbonyl (C=O) groups excluding carboxylic acids is 1. The third kappa shape index (κ3) is 4.57. The van der Waals surface area contributed by atoms with Crippen molar-refractivity contribution in [3.8, 4) is 5.75 Å². The van der Waals surface area contributed by atoms with Crippen LogP contribution in [-0.2, 0) is 4.79 Å². The van der Waals surface area contributed by atoms with E-state index in [1.807, 2.05) is 38.1 Å². The molecule has 0 unspecified atom stereocenters. The Hall–Kier alpha value is -2.40. The molecule has 0 fully saturated rings. The number of aromatic nitrogens is 1. The van der Waals surface area contributed by atoms with Crippen LogP contribution in [0, 0.1) is 20.8 Å². The first-order valence-electron chi connectivity index (χ1n) is 8.38. The molecule has 3 aromatic rings. The maximum absolute atomic E-state index is 12.1. The lowest BCUT2D eigenvalue weighted by atomic mass is 10.1. The highest BCUT2D eigenvalue weighted by atomic mass is 32.1. The lowest BCUT2D eigenvalue weighted by molar-refractivity contribution is -0.116. The zero-order chi connectivity index (χ0) is 17.8. The van der Waals surface area contributed by atoms with Gasteiger partial charge in [-0.1, -0.05) is 29.5 Å². The van der Waals surface area contributed by atoms with Gasteiger partial charge in [-0.3, -0.25) is 4.79 Å². The molecule has 0 spiro atoms. The van der Waals surface area contributed by atoms with E-state index in [1.165, 1.54) is 16.9 Å². The van der Waals surface area contributed by atoms with Crippen molar-refractivity contribution < 1.29 is 9.53 Å². The van der Waals surface area contributed by atoms with Crippen LogP contribution in [0.4, 0.5) is 5.13 Å². The van der Waals surface area contributed by atoms with Crippen molar-refractivity contribution in [3.05, 3.63) is 53.1 Å². The first-order chi connectivity index (χ1) is 12.0. The number of benzene rings is 2. The van der Waals surface area contributed by atoms with E-state index in [1.54, 1.807) is 0 Å². The second-order valence-corrected chi connectivity index (χ2v) is 7.29. The number of aryl methyl sites for hydroxylation is 3. The molecule has 4 nitrogen and oxygen atoms in total. The second kappa shape index (κ2) is 7.66. The Morgan fingerprint density at radius 1 is 1.16 bits per heavy atom. The highest BCUT2D eigenvalue weighted by molar-refractivity contribution is 7.22. The molecule has 1 heterocycles. The molecule has 0 saturated carbocycles. The summed E-state index contributed by atoms with van der Waals surface area (Å²) >= 11 is 1.52. The number of amides is 1. The van der Waals surface area contributed by atoms with Gasteiger partial charge in [0.05, 0.1) is 16.8 Å². The van der Waals surface area contributed by atoms with E-state index in [9.17, 15) is 4.79 Å². The lowest BCUT2D eigenvalue weighted by Crippen LogP contribution is -2.12. The van der Waals surface area contributed by atoms with Crippen LogP contribution in [0.15, 0.2) is 36.4 Å². The molecule has 0 aliphatic heterocycles. The smallest absolute Gasteiger partial charge is 0.226 e. The summed E-state index contributed by atoms with van der Waals surface area (Å²) in [5.74, 6) is 0.818. The molecule has 0 radical (unpaired) electrons. The van der Waals surface area contributed by atoms with Crippen LogP contribution in [0.5, 0.6) is 5.75 Å². The summed E-state index contributed by atoms with van der Waals surface area (Å²) < 4.78 is 6.78. The second-order valence-electron chi connectivity index (χ2n) is 6.26. The summed E-state index contributed by atoms with van der Waals surface area (Å²) in [4.78, 5) is 16.6. The molecule has 2 aromatic carbocycles. The van der Waals surface area contributed by atoms with Gasteiger partial charge in [-0.2, -0.15) is 0 Å². The van der Waals surface area contributed by atoms with Gasteiger partial charge < -0.3 is 10.1 Å². The van der Waals surface area contributed by atoms with Gasteiger partial charge in [-0.15, -0.1) is 0 Å². The van der Waals surface area contributed by atoms with Crippen LogP contribution >= 0.6 is 11.3 Å². The molecule has 130 valence electrons. The molecule has 1 amide bonds. The number of hydrogen-bond donors (Lipinski definition) is 1. The Morgan fingerprint density at radius 3 is 2.80 bits per heavy atom. The fraction of sp³-hybridized carbons (Fsp3) is 0.300. The van der Waals surface area contributed by atoms with Gasteiger partial charge in [0.15, 0.2) is 5.13 Å². The highest BCUT2D eigenvalue weighted by Gasteiger charge is 2.10. The van der Waals surface area contributed by atoms with E-state index in [-0.39, 0.29) is 5.91 Å². The summed E-state index contributed by atoms with van der Waals surface area (Å²) in [5.41, 5.74) is 4.48. The predicted molar refractivity (Wildman–Crippen MR) is 104 cm³/mol. The van der Waals surface area contributed by atoms with E-state index in [4.69, 9.17) is 4.74 Å². The minimum atomic E-state index is -0.0266. The van der Waals surface area contributed by atoms with E-state index in [0.29, 0.717) is 24.6 Å². The fourth-order valence-corrected chi connectivity index (χ4v) is 3.79. The van der Waals surface area contributed by atoms with Crippen molar-refractivity contribution in [3.63, 3.8) is 0 Å². The summed E-state index contributed by atoms with van der Waals surface area (Å²) in [6.07, 6.45) is 1.09. The SMILES string of the molecule is Cc1cccc(OCCCC(=O)Nc2nc3c(C)cc(C)cc3s2)c1. The van der Waals surface area contributed by atoms with Crippen LogP contribution in [-0.4, -0.2) is 17.5 Å². The van der Waals surface area contributed by atoms with Gasteiger partial charge >= 0.3 is 0 Å². The number of hydrogen-bond acceptors (Lipinski definition) is 4. The molecule has 0 aliphatic carbocycles. The van der Waals surface area contributed by atoms with Crippen molar-refractivity contribution in [2.75, 3.05) is 11.9 Å². The maximum Gasteiger partial charge on any atom is 0.226 e. The van der Waals surface area contributed by atoms with Gasteiger partial charge in [0.25, 0.3) is 0 Å². The van der Waals surface area contributed by atoms with E-state index in [0.717, 1.165) is 27.1 Å². The molecule has 0 saturated heterocycles. The first-order valence-corrected chi connectivity index (χ1v) is 9.20. The fourth-order valence-electron chi connectivity index (χ4n) is 2.73. The van der Waals surface area contributed by atoms with Crippen LogP contribution < -0.4 is 10.1 Å². The molecular weight excluding hydrogens is 332 g/mol. The quantitative estimate of drug-likeness (QED) is 0.632.